The molecule has 0 atom stereocenters. The van der Waals surface area contributed by atoms with Crippen molar-refractivity contribution < 1.29 is 18.4 Å². The van der Waals surface area contributed by atoms with Crippen molar-refractivity contribution >= 4 is 29.2 Å². The first-order valence-electron chi connectivity index (χ1n) is 11.9. The summed E-state index contributed by atoms with van der Waals surface area (Å²) in [5, 5.41) is 3.17. The van der Waals surface area contributed by atoms with E-state index in [0.29, 0.717) is 30.9 Å². The Morgan fingerprint density at radius 3 is 2.46 bits per heavy atom. The lowest BCUT2D eigenvalue weighted by Crippen LogP contribution is -2.47. The summed E-state index contributed by atoms with van der Waals surface area (Å²) in [6.07, 6.45) is 0.800. The number of para-hydroxylation sites is 1. The Hall–Kier alpha value is -2.91. The van der Waals surface area contributed by atoms with E-state index >= 15 is 0 Å². The van der Waals surface area contributed by atoms with Crippen molar-refractivity contribution in [3.8, 4) is 0 Å². The Morgan fingerprint density at radius 1 is 0.971 bits per heavy atom. The van der Waals surface area contributed by atoms with Crippen molar-refractivity contribution in [2.45, 2.75) is 13.0 Å². The molecular weight excluding hydrogens is 476 g/mol. The molecule has 2 aromatic carbocycles. The topological polar surface area (TPSA) is 59.1 Å². The SMILES string of the molecule is O=C(CN1CCN(Cc2ccc(F)cc2Cl)C1=O)NCCCN1CCN(c2ccccc2F)CC1. The minimum atomic E-state index is -0.422. The number of rotatable bonds is 9. The van der Waals surface area contributed by atoms with Gasteiger partial charge >= 0.3 is 6.03 Å². The van der Waals surface area contributed by atoms with Gasteiger partial charge in [-0.2, -0.15) is 0 Å². The number of carbonyl (C=O) groups is 2. The van der Waals surface area contributed by atoms with Crippen LogP contribution in [0.25, 0.3) is 0 Å². The van der Waals surface area contributed by atoms with E-state index in [-0.39, 0.29) is 35.9 Å². The standard InChI is InChI=1S/C25H30ClF2N5O2/c26-21-16-20(27)7-6-19(21)17-32-14-15-33(25(32)35)18-24(34)29-8-3-9-30-10-12-31(13-11-30)23-5-2-1-4-22(23)28/h1-2,4-7,16H,3,8-15,17-18H2,(H,29,34). The third-order valence-corrected chi connectivity index (χ3v) is 6.78. The number of anilines is 1. The van der Waals surface area contributed by atoms with Crippen LogP contribution in [0.2, 0.25) is 5.02 Å². The van der Waals surface area contributed by atoms with E-state index in [9.17, 15) is 18.4 Å². The fraction of sp³-hybridized carbons (Fsp3) is 0.440. The van der Waals surface area contributed by atoms with Crippen molar-refractivity contribution in [1.29, 1.82) is 0 Å². The van der Waals surface area contributed by atoms with E-state index in [2.05, 4.69) is 15.1 Å². The molecule has 10 heteroatoms. The molecule has 1 N–H and O–H groups in total. The average Bonchev–Trinajstić information content (AvgIpc) is 3.18. The van der Waals surface area contributed by atoms with Gasteiger partial charge in [-0.15, -0.1) is 0 Å². The first-order chi connectivity index (χ1) is 16.9. The van der Waals surface area contributed by atoms with Crippen molar-refractivity contribution in [2.24, 2.45) is 0 Å². The molecule has 0 unspecified atom stereocenters. The van der Waals surface area contributed by atoms with Gasteiger partial charge in [0.2, 0.25) is 5.91 Å². The molecule has 0 aromatic heterocycles. The van der Waals surface area contributed by atoms with Gasteiger partial charge in [-0.1, -0.05) is 29.8 Å². The molecule has 2 aliphatic rings. The van der Waals surface area contributed by atoms with Crippen LogP contribution in [0.15, 0.2) is 42.5 Å². The second kappa shape index (κ2) is 11.7. The molecule has 2 saturated heterocycles. The molecule has 4 rings (SSSR count). The number of benzene rings is 2. The molecule has 188 valence electrons. The lowest BCUT2D eigenvalue weighted by atomic mass is 10.2. The number of amides is 3. The van der Waals surface area contributed by atoms with E-state index in [4.69, 9.17) is 11.6 Å². The Kier molecular flexibility index (Phi) is 8.41. The van der Waals surface area contributed by atoms with Crippen LogP contribution in [0, 0.1) is 11.6 Å². The van der Waals surface area contributed by atoms with Gasteiger partial charge in [0.05, 0.1) is 5.69 Å². The molecule has 0 saturated carbocycles. The van der Waals surface area contributed by atoms with Gasteiger partial charge in [-0.05, 0) is 42.8 Å². The predicted molar refractivity (Wildman–Crippen MR) is 131 cm³/mol. The van der Waals surface area contributed by atoms with Crippen LogP contribution in [0.4, 0.5) is 19.3 Å². The molecule has 0 bridgehead atoms. The highest BCUT2D eigenvalue weighted by molar-refractivity contribution is 6.31. The van der Waals surface area contributed by atoms with E-state index in [1.807, 2.05) is 12.1 Å². The molecule has 2 heterocycles. The van der Waals surface area contributed by atoms with Crippen LogP contribution >= 0.6 is 11.6 Å². The zero-order chi connectivity index (χ0) is 24.8. The number of hydrogen-bond acceptors (Lipinski definition) is 4. The minimum Gasteiger partial charge on any atom is -0.367 e. The van der Waals surface area contributed by atoms with Gasteiger partial charge in [-0.25, -0.2) is 13.6 Å². The number of urea groups is 1. The van der Waals surface area contributed by atoms with E-state index < -0.39 is 5.82 Å². The molecule has 2 aliphatic heterocycles. The summed E-state index contributed by atoms with van der Waals surface area (Å²) in [5.41, 5.74) is 1.32. The lowest BCUT2D eigenvalue weighted by molar-refractivity contribution is -0.121. The van der Waals surface area contributed by atoms with E-state index in [1.165, 1.54) is 23.1 Å². The monoisotopic (exact) mass is 505 g/mol. The normalized spacial score (nSPS) is 16.8. The zero-order valence-electron chi connectivity index (χ0n) is 19.6. The summed E-state index contributed by atoms with van der Waals surface area (Å²) in [6.45, 7) is 5.83. The number of nitrogens with one attached hydrogen (secondary N) is 1. The number of hydrogen-bond donors (Lipinski definition) is 1. The molecule has 35 heavy (non-hydrogen) atoms. The van der Waals surface area contributed by atoms with Crippen LogP contribution in [-0.4, -0.2) is 85.5 Å². The van der Waals surface area contributed by atoms with Crippen LogP contribution in [0.5, 0.6) is 0 Å². The highest BCUT2D eigenvalue weighted by Gasteiger charge is 2.30. The third kappa shape index (κ3) is 6.61. The fourth-order valence-corrected chi connectivity index (χ4v) is 4.69. The largest absolute Gasteiger partial charge is 0.367 e. The fourth-order valence-electron chi connectivity index (χ4n) is 4.46. The molecule has 0 aliphatic carbocycles. The second-order valence-electron chi connectivity index (χ2n) is 8.85. The minimum absolute atomic E-state index is 0.00774. The van der Waals surface area contributed by atoms with E-state index in [1.54, 1.807) is 17.0 Å². The molecule has 7 nitrogen and oxygen atoms in total. The van der Waals surface area contributed by atoms with Crippen LogP contribution < -0.4 is 10.2 Å². The van der Waals surface area contributed by atoms with Gasteiger partial charge in [-0.3, -0.25) is 9.69 Å². The number of piperazine rings is 1. The quantitative estimate of drug-likeness (QED) is 0.532. The van der Waals surface area contributed by atoms with Crippen LogP contribution in [0.1, 0.15) is 12.0 Å². The summed E-state index contributed by atoms with van der Waals surface area (Å²) in [7, 11) is 0. The molecule has 0 radical (unpaired) electrons. The number of carbonyl (C=O) groups excluding carboxylic acids is 2. The Balaban J connectivity index is 1.12. The smallest absolute Gasteiger partial charge is 0.320 e. The summed E-state index contributed by atoms with van der Waals surface area (Å²) in [6, 6.07) is 10.7. The van der Waals surface area contributed by atoms with Gasteiger partial charge in [0, 0.05) is 57.4 Å². The van der Waals surface area contributed by atoms with Crippen molar-refractivity contribution in [2.75, 3.05) is 63.8 Å². The summed E-state index contributed by atoms with van der Waals surface area (Å²) >= 11 is 6.07. The van der Waals surface area contributed by atoms with Gasteiger partial charge < -0.3 is 20.0 Å². The first kappa shape index (κ1) is 25.2. The molecule has 0 spiro atoms. The predicted octanol–water partition coefficient (Wildman–Crippen LogP) is 3.18. The summed E-state index contributed by atoms with van der Waals surface area (Å²) in [5.74, 6) is -0.804. The molecule has 2 fully saturated rings. The van der Waals surface area contributed by atoms with E-state index in [0.717, 1.165) is 39.1 Å². The highest BCUT2D eigenvalue weighted by atomic mass is 35.5. The van der Waals surface area contributed by atoms with Gasteiger partial charge in [0.15, 0.2) is 0 Å². The first-order valence-corrected chi connectivity index (χ1v) is 12.2. The van der Waals surface area contributed by atoms with Crippen LogP contribution in [-0.2, 0) is 11.3 Å². The van der Waals surface area contributed by atoms with Gasteiger partial charge in [0.1, 0.15) is 18.2 Å². The number of halogens is 3. The summed E-state index contributed by atoms with van der Waals surface area (Å²) < 4.78 is 27.2. The summed E-state index contributed by atoms with van der Waals surface area (Å²) in [4.78, 5) is 32.5. The van der Waals surface area contributed by atoms with Crippen molar-refractivity contribution in [3.05, 3.63) is 64.7 Å². The van der Waals surface area contributed by atoms with Crippen LogP contribution in [0.3, 0.4) is 0 Å². The van der Waals surface area contributed by atoms with Gasteiger partial charge in [0.25, 0.3) is 0 Å². The molecule has 3 amide bonds. The zero-order valence-corrected chi connectivity index (χ0v) is 20.3. The Labute approximate surface area is 209 Å². The Bertz CT molecular complexity index is 1050. The maximum Gasteiger partial charge on any atom is 0.320 e. The molecule has 2 aromatic rings. The maximum absolute atomic E-state index is 14.0. The third-order valence-electron chi connectivity index (χ3n) is 6.43. The Morgan fingerprint density at radius 2 is 1.71 bits per heavy atom. The lowest BCUT2D eigenvalue weighted by Gasteiger charge is -2.36. The van der Waals surface area contributed by atoms with Crippen molar-refractivity contribution in [3.63, 3.8) is 0 Å². The average molecular weight is 506 g/mol. The second-order valence-corrected chi connectivity index (χ2v) is 9.25. The molecular formula is C25H30ClF2N5O2. The van der Waals surface area contributed by atoms with Crippen molar-refractivity contribution in [1.82, 2.24) is 20.0 Å². The highest BCUT2D eigenvalue weighted by Crippen LogP contribution is 2.22. The maximum atomic E-state index is 14.0. The number of nitrogens with zero attached hydrogens (tertiary/aromatic N) is 4.